The van der Waals surface area contributed by atoms with Crippen LogP contribution in [-0.2, 0) is 6.54 Å². The molecule has 0 spiro atoms. The average molecular weight is 284 g/mol. The molecule has 0 saturated heterocycles. The van der Waals surface area contributed by atoms with Gasteiger partial charge in [0.15, 0.2) is 0 Å². The molecule has 21 heavy (non-hydrogen) atoms. The van der Waals surface area contributed by atoms with Crippen LogP contribution in [0.4, 0.5) is 0 Å². The molecule has 1 N–H and O–H groups in total. The highest BCUT2D eigenvalue weighted by Crippen LogP contribution is 2.15. The Morgan fingerprint density at radius 3 is 2.67 bits per heavy atom. The van der Waals surface area contributed by atoms with Gasteiger partial charge in [0.2, 0.25) is 0 Å². The molecule has 1 heterocycles. The molecule has 3 nitrogen and oxygen atoms in total. The smallest absolute Gasteiger partial charge is 0.119 e. The van der Waals surface area contributed by atoms with E-state index >= 15 is 0 Å². The normalized spacial score (nSPS) is 12.1. The number of nitrogens with zero attached hydrogens (tertiary/aromatic N) is 1. The Bertz CT molecular complexity index is 511. The Balaban J connectivity index is 1.80. The van der Waals surface area contributed by atoms with Crippen LogP contribution in [0, 0.1) is 0 Å². The quantitative estimate of drug-likeness (QED) is 0.741. The zero-order chi connectivity index (χ0) is 14.9. The highest BCUT2D eigenvalue weighted by Gasteiger charge is 2.04. The summed E-state index contributed by atoms with van der Waals surface area (Å²) in [5.41, 5.74) is 2.46. The summed E-state index contributed by atoms with van der Waals surface area (Å²) in [7, 11) is 0. The second kappa shape index (κ2) is 8.42. The van der Waals surface area contributed by atoms with Crippen LogP contribution in [0.15, 0.2) is 48.8 Å². The van der Waals surface area contributed by atoms with E-state index in [9.17, 15) is 0 Å². The first-order valence-electron chi connectivity index (χ1n) is 7.64. The third-order valence-corrected chi connectivity index (χ3v) is 3.49. The maximum Gasteiger partial charge on any atom is 0.119 e. The summed E-state index contributed by atoms with van der Waals surface area (Å²) in [5.74, 6) is 0.951. The molecule has 0 bridgehead atoms. The van der Waals surface area contributed by atoms with E-state index in [0.717, 1.165) is 31.7 Å². The minimum atomic E-state index is 0.291. The first-order chi connectivity index (χ1) is 10.3. The molecule has 0 amide bonds. The van der Waals surface area contributed by atoms with E-state index in [1.807, 2.05) is 24.4 Å². The number of aromatic nitrogens is 1. The minimum Gasteiger partial charge on any atom is -0.494 e. The van der Waals surface area contributed by atoms with Crippen molar-refractivity contribution >= 4 is 0 Å². The molecule has 3 heteroatoms. The standard InChI is InChI=1S/C18H24N2O/c1-3-4-12-21-18-9-7-16(8-10-18)13-20-15(2)17-6-5-11-19-14-17/h5-11,14-15,20H,3-4,12-13H2,1-2H3/t15-/m1/s1. The topological polar surface area (TPSA) is 34.1 Å². The van der Waals surface area contributed by atoms with Crippen LogP contribution in [0.3, 0.4) is 0 Å². The molecule has 2 rings (SSSR count). The highest BCUT2D eigenvalue weighted by molar-refractivity contribution is 5.27. The molecule has 112 valence electrons. The Morgan fingerprint density at radius 1 is 1.19 bits per heavy atom. The second-order valence-electron chi connectivity index (χ2n) is 5.23. The van der Waals surface area contributed by atoms with Crippen molar-refractivity contribution in [3.05, 3.63) is 59.9 Å². The fraction of sp³-hybridized carbons (Fsp3) is 0.389. The third-order valence-electron chi connectivity index (χ3n) is 3.49. The molecule has 0 aliphatic rings. The SMILES string of the molecule is CCCCOc1ccc(CN[C@H](C)c2cccnc2)cc1. The maximum atomic E-state index is 5.67. The molecular weight excluding hydrogens is 260 g/mol. The zero-order valence-corrected chi connectivity index (χ0v) is 12.9. The van der Waals surface area contributed by atoms with Crippen molar-refractivity contribution in [2.75, 3.05) is 6.61 Å². The Kier molecular flexibility index (Phi) is 6.22. The van der Waals surface area contributed by atoms with Gasteiger partial charge in [-0.1, -0.05) is 31.5 Å². The largest absolute Gasteiger partial charge is 0.494 e. The molecular formula is C18H24N2O. The lowest BCUT2D eigenvalue weighted by molar-refractivity contribution is 0.309. The molecule has 0 aliphatic carbocycles. The number of hydrogen-bond acceptors (Lipinski definition) is 3. The first-order valence-corrected chi connectivity index (χ1v) is 7.64. The van der Waals surface area contributed by atoms with Crippen LogP contribution in [0.25, 0.3) is 0 Å². The first kappa shape index (κ1) is 15.5. The van der Waals surface area contributed by atoms with Crippen molar-refractivity contribution in [3.63, 3.8) is 0 Å². The van der Waals surface area contributed by atoms with Crippen LogP contribution >= 0.6 is 0 Å². The van der Waals surface area contributed by atoms with Crippen molar-refractivity contribution in [1.29, 1.82) is 0 Å². The van der Waals surface area contributed by atoms with Gasteiger partial charge in [0.1, 0.15) is 5.75 Å². The maximum absolute atomic E-state index is 5.67. The Morgan fingerprint density at radius 2 is 2.00 bits per heavy atom. The third kappa shape index (κ3) is 5.20. The van der Waals surface area contributed by atoms with Crippen molar-refractivity contribution in [3.8, 4) is 5.75 Å². The van der Waals surface area contributed by atoms with E-state index in [1.54, 1.807) is 6.20 Å². The van der Waals surface area contributed by atoms with Gasteiger partial charge in [-0.15, -0.1) is 0 Å². The molecule has 2 aromatic rings. The van der Waals surface area contributed by atoms with E-state index in [2.05, 4.69) is 42.3 Å². The monoisotopic (exact) mass is 284 g/mol. The summed E-state index contributed by atoms with van der Waals surface area (Å²) in [4.78, 5) is 4.15. The van der Waals surface area contributed by atoms with Crippen LogP contribution in [0.2, 0.25) is 0 Å². The van der Waals surface area contributed by atoms with Crippen molar-refractivity contribution in [1.82, 2.24) is 10.3 Å². The predicted octanol–water partition coefficient (Wildman–Crippen LogP) is 4.11. The predicted molar refractivity (Wildman–Crippen MR) is 86.3 cm³/mol. The number of unbranched alkanes of at least 4 members (excludes halogenated alkanes) is 1. The van der Waals surface area contributed by atoms with E-state index in [-0.39, 0.29) is 0 Å². The van der Waals surface area contributed by atoms with Gasteiger partial charge >= 0.3 is 0 Å². The summed E-state index contributed by atoms with van der Waals surface area (Å²) >= 11 is 0. The summed E-state index contributed by atoms with van der Waals surface area (Å²) in [5, 5.41) is 3.51. The van der Waals surface area contributed by atoms with E-state index in [4.69, 9.17) is 4.74 Å². The summed E-state index contributed by atoms with van der Waals surface area (Å²) in [6.45, 7) is 5.96. The molecule has 1 aromatic carbocycles. The highest BCUT2D eigenvalue weighted by atomic mass is 16.5. The number of ether oxygens (including phenoxy) is 1. The van der Waals surface area contributed by atoms with Crippen LogP contribution in [0.1, 0.15) is 43.9 Å². The molecule has 0 saturated carbocycles. The number of benzene rings is 1. The van der Waals surface area contributed by atoms with Crippen LogP contribution in [0.5, 0.6) is 5.75 Å². The van der Waals surface area contributed by atoms with Crippen molar-refractivity contribution < 1.29 is 4.74 Å². The van der Waals surface area contributed by atoms with E-state index in [0.29, 0.717) is 6.04 Å². The Labute approximate surface area is 127 Å². The summed E-state index contributed by atoms with van der Waals surface area (Å²) < 4.78 is 5.67. The number of nitrogens with one attached hydrogen (secondary N) is 1. The zero-order valence-electron chi connectivity index (χ0n) is 12.9. The van der Waals surface area contributed by atoms with Gasteiger partial charge in [0.25, 0.3) is 0 Å². The second-order valence-corrected chi connectivity index (χ2v) is 5.23. The van der Waals surface area contributed by atoms with Gasteiger partial charge < -0.3 is 10.1 Å². The van der Waals surface area contributed by atoms with Crippen LogP contribution in [-0.4, -0.2) is 11.6 Å². The number of rotatable bonds is 8. The van der Waals surface area contributed by atoms with Gasteiger partial charge in [-0.3, -0.25) is 4.98 Å². The van der Waals surface area contributed by atoms with Gasteiger partial charge in [-0.05, 0) is 42.7 Å². The molecule has 0 unspecified atom stereocenters. The number of hydrogen-bond donors (Lipinski definition) is 1. The van der Waals surface area contributed by atoms with E-state index < -0.39 is 0 Å². The van der Waals surface area contributed by atoms with Gasteiger partial charge in [0.05, 0.1) is 6.61 Å². The van der Waals surface area contributed by atoms with Gasteiger partial charge in [0, 0.05) is 25.0 Å². The molecule has 1 aromatic heterocycles. The van der Waals surface area contributed by atoms with Crippen LogP contribution < -0.4 is 10.1 Å². The van der Waals surface area contributed by atoms with E-state index in [1.165, 1.54) is 11.1 Å². The fourth-order valence-corrected chi connectivity index (χ4v) is 2.06. The Hall–Kier alpha value is -1.87. The fourth-order valence-electron chi connectivity index (χ4n) is 2.06. The average Bonchev–Trinajstić information content (AvgIpc) is 2.55. The summed E-state index contributed by atoms with van der Waals surface area (Å²) in [6.07, 6.45) is 5.97. The minimum absolute atomic E-state index is 0.291. The van der Waals surface area contributed by atoms with Crippen molar-refractivity contribution in [2.45, 2.75) is 39.3 Å². The summed E-state index contributed by atoms with van der Waals surface area (Å²) in [6, 6.07) is 12.7. The molecule has 0 fully saturated rings. The lowest BCUT2D eigenvalue weighted by Gasteiger charge is -2.14. The molecule has 0 aliphatic heterocycles. The van der Waals surface area contributed by atoms with Crippen molar-refractivity contribution in [2.24, 2.45) is 0 Å². The lowest BCUT2D eigenvalue weighted by Crippen LogP contribution is -2.18. The molecule has 0 radical (unpaired) electrons. The number of pyridine rings is 1. The molecule has 1 atom stereocenters. The lowest BCUT2D eigenvalue weighted by atomic mass is 10.1. The van der Waals surface area contributed by atoms with Gasteiger partial charge in [-0.25, -0.2) is 0 Å². The van der Waals surface area contributed by atoms with Gasteiger partial charge in [-0.2, -0.15) is 0 Å².